The SMILES string of the molecule is CC(=O)C(NC(=O)CSc1nnc(C(F)(F)F)n1N)C(C)C. The van der Waals surface area contributed by atoms with Gasteiger partial charge in [0.1, 0.15) is 0 Å². The van der Waals surface area contributed by atoms with E-state index in [1.807, 2.05) is 0 Å². The third kappa shape index (κ3) is 4.61. The molecule has 1 rings (SSSR count). The number of nitrogens with zero attached hydrogens (tertiary/aromatic N) is 3. The molecule has 0 spiro atoms. The first kappa shape index (κ1) is 18.3. The van der Waals surface area contributed by atoms with Crippen LogP contribution in [0.15, 0.2) is 5.16 Å². The van der Waals surface area contributed by atoms with Crippen LogP contribution in [0.25, 0.3) is 0 Å². The highest BCUT2D eigenvalue weighted by Crippen LogP contribution is 2.28. The number of nitrogens with one attached hydrogen (secondary N) is 1. The quantitative estimate of drug-likeness (QED) is 0.588. The standard InChI is InChI=1S/C11H16F3N5O2S/c1-5(2)8(6(3)20)16-7(21)4-22-10-18-17-9(19(10)15)11(12,13)14/h5,8H,4,15H2,1-3H3,(H,16,21). The van der Waals surface area contributed by atoms with E-state index in [1.54, 1.807) is 13.8 Å². The number of aromatic nitrogens is 3. The number of rotatable bonds is 6. The minimum atomic E-state index is -4.72. The van der Waals surface area contributed by atoms with E-state index in [0.29, 0.717) is 11.8 Å². The number of carbonyl (C=O) groups excluding carboxylic acids is 2. The third-order valence-electron chi connectivity index (χ3n) is 2.67. The number of hydrogen-bond donors (Lipinski definition) is 2. The van der Waals surface area contributed by atoms with E-state index in [4.69, 9.17) is 5.84 Å². The highest BCUT2D eigenvalue weighted by molar-refractivity contribution is 7.99. The van der Waals surface area contributed by atoms with Gasteiger partial charge in [0.05, 0.1) is 11.8 Å². The molecule has 11 heteroatoms. The number of nitrogen functional groups attached to an aromatic ring is 1. The molecule has 0 saturated heterocycles. The van der Waals surface area contributed by atoms with Gasteiger partial charge >= 0.3 is 6.18 Å². The molecule has 0 aliphatic carbocycles. The van der Waals surface area contributed by atoms with Crippen molar-refractivity contribution in [1.82, 2.24) is 20.2 Å². The summed E-state index contributed by atoms with van der Waals surface area (Å²) in [5.74, 6) is 2.86. The van der Waals surface area contributed by atoms with Crippen molar-refractivity contribution >= 4 is 23.5 Å². The highest BCUT2D eigenvalue weighted by Gasteiger charge is 2.38. The Bertz CT molecular complexity index is 558. The van der Waals surface area contributed by atoms with Gasteiger partial charge in [0.25, 0.3) is 5.82 Å². The number of thioether (sulfide) groups is 1. The third-order valence-corrected chi connectivity index (χ3v) is 3.61. The van der Waals surface area contributed by atoms with E-state index in [2.05, 4.69) is 15.5 Å². The molecule has 0 saturated carbocycles. The maximum absolute atomic E-state index is 12.5. The molecule has 0 aromatic carbocycles. The number of amides is 1. The van der Waals surface area contributed by atoms with Crippen molar-refractivity contribution in [3.63, 3.8) is 0 Å². The molecule has 22 heavy (non-hydrogen) atoms. The second kappa shape index (κ2) is 6.99. The Morgan fingerprint density at radius 3 is 2.36 bits per heavy atom. The number of carbonyl (C=O) groups is 2. The van der Waals surface area contributed by atoms with Gasteiger partial charge in [0.15, 0.2) is 5.78 Å². The fraction of sp³-hybridized carbons (Fsp3) is 0.636. The lowest BCUT2D eigenvalue weighted by Crippen LogP contribution is -2.44. The molecule has 3 N–H and O–H groups in total. The van der Waals surface area contributed by atoms with Crippen LogP contribution < -0.4 is 11.2 Å². The number of hydrogen-bond acceptors (Lipinski definition) is 6. The van der Waals surface area contributed by atoms with Gasteiger partial charge < -0.3 is 11.2 Å². The van der Waals surface area contributed by atoms with Gasteiger partial charge in [-0.25, -0.2) is 4.68 Å². The topological polar surface area (TPSA) is 103 Å². The second-order valence-electron chi connectivity index (χ2n) is 4.86. The van der Waals surface area contributed by atoms with Gasteiger partial charge in [-0.2, -0.15) is 13.2 Å². The molecular formula is C11H16F3N5O2S. The monoisotopic (exact) mass is 339 g/mol. The Hall–Kier alpha value is -1.78. The first-order valence-electron chi connectivity index (χ1n) is 6.24. The van der Waals surface area contributed by atoms with Crippen molar-refractivity contribution in [2.45, 2.75) is 38.1 Å². The summed E-state index contributed by atoms with van der Waals surface area (Å²) in [6.45, 7) is 4.89. The average Bonchev–Trinajstić information content (AvgIpc) is 2.73. The first-order chi connectivity index (χ1) is 10.0. The van der Waals surface area contributed by atoms with Gasteiger partial charge in [-0.3, -0.25) is 9.59 Å². The van der Waals surface area contributed by atoms with Gasteiger partial charge in [0.2, 0.25) is 11.1 Å². The normalized spacial score (nSPS) is 13.2. The number of nitrogens with two attached hydrogens (primary N) is 1. The molecule has 1 amide bonds. The van der Waals surface area contributed by atoms with Crippen LogP contribution in [-0.4, -0.2) is 38.4 Å². The summed E-state index contributed by atoms with van der Waals surface area (Å²) in [5.41, 5.74) is 0. The van der Waals surface area contributed by atoms with Crippen LogP contribution in [0.3, 0.4) is 0 Å². The molecule has 0 fully saturated rings. The van der Waals surface area contributed by atoms with E-state index in [9.17, 15) is 22.8 Å². The van der Waals surface area contributed by atoms with Crippen molar-refractivity contribution < 1.29 is 22.8 Å². The van der Waals surface area contributed by atoms with Crippen molar-refractivity contribution in [1.29, 1.82) is 0 Å². The van der Waals surface area contributed by atoms with E-state index in [0.717, 1.165) is 0 Å². The smallest absolute Gasteiger partial charge is 0.345 e. The zero-order valence-corrected chi connectivity index (χ0v) is 13.0. The lowest BCUT2D eigenvalue weighted by molar-refractivity contribution is -0.146. The molecule has 1 aromatic heterocycles. The molecule has 7 nitrogen and oxygen atoms in total. The van der Waals surface area contributed by atoms with E-state index < -0.39 is 23.9 Å². The van der Waals surface area contributed by atoms with Crippen LogP contribution in [0.2, 0.25) is 0 Å². The molecule has 1 aromatic rings. The van der Waals surface area contributed by atoms with E-state index in [1.165, 1.54) is 6.92 Å². The molecular weight excluding hydrogens is 323 g/mol. The molecule has 1 unspecified atom stereocenters. The van der Waals surface area contributed by atoms with Crippen LogP contribution in [0.4, 0.5) is 13.2 Å². The van der Waals surface area contributed by atoms with Crippen LogP contribution in [0.1, 0.15) is 26.6 Å². The molecule has 1 atom stereocenters. The van der Waals surface area contributed by atoms with E-state index >= 15 is 0 Å². The predicted octanol–water partition coefficient (Wildman–Crippen LogP) is 0.833. The molecule has 1 heterocycles. The van der Waals surface area contributed by atoms with Gasteiger partial charge in [-0.15, -0.1) is 10.2 Å². The molecule has 0 aliphatic heterocycles. The summed E-state index contributed by atoms with van der Waals surface area (Å²) in [6.07, 6.45) is -4.72. The second-order valence-corrected chi connectivity index (χ2v) is 5.80. The Balaban J connectivity index is 2.65. The van der Waals surface area contributed by atoms with E-state index in [-0.39, 0.29) is 27.3 Å². The fourth-order valence-electron chi connectivity index (χ4n) is 1.65. The predicted molar refractivity (Wildman–Crippen MR) is 73.3 cm³/mol. The summed E-state index contributed by atoms with van der Waals surface area (Å²) < 4.78 is 37.7. The van der Waals surface area contributed by atoms with Crippen LogP contribution >= 0.6 is 11.8 Å². The Labute approximate surface area is 128 Å². The van der Waals surface area contributed by atoms with Crippen LogP contribution in [-0.2, 0) is 15.8 Å². The summed E-state index contributed by atoms with van der Waals surface area (Å²) in [4.78, 5) is 23.1. The Morgan fingerprint density at radius 2 is 1.95 bits per heavy atom. The van der Waals surface area contributed by atoms with Crippen molar-refractivity contribution in [3.05, 3.63) is 5.82 Å². The van der Waals surface area contributed by atoms with Gasteiger partial charge in [-0.05, 0) is 12.8 Å². The zero-order valence-electron chi connectivity index (χ0n) is 12.1. The lowest BCUT2D eigenvalue weighted by atomic mass is 10.0. The fourth-order valence-corrected chi connectivity index (χ4v) is 2.32. The minimum absolute atomic E-state index is 0.0959. The first-order valence-corrected chi connectivity index (χ1v) is 7.23. The Kier molecular flexibility index (Phi) is 5.80. The van der Waals surface area contributed by atoms with Gasteiger partial charge in [-0.1, -0.05) is 25.6 Å². The summed E-state index contributed by atoms with van der Waals surface area (Å²) in [5, 5.41) is 8.49. The maximum atomic E-state index is 12.5. The number of alkyl halides is 3. The molecule has 124 valence electrons. The van der Waals surface area contributed by atoms with Crippen molar-refractivity contribution in [2.75, 3.05) is 11.6 Å². The highest BCUT2D eigenvalue weighted by atomic mass is 32.2. The molecule has 0 aliphatic rings. The summed E-state index contributed by atoms with van der Waals surface area (Å²) in [6, 6.07) is -0.644. The zero-order chi connectivity index (χ0) is 17.1. The van der Waals surface area contributed by atoms with Crippen molar-refractivity contribution in [2.24, 2.45) is 5.92 Å². The molecule has 0 bridgehead atoms. The largest absolute Gasteiger partial charge is 0.453 e. The van der Waals surface area contributed by atoms with Gasteiger partial charge in [0, 0.05) is 0 Å². The average molecular weight is 339 g/mol. The summed E-state index contributed by atoms with van der Waals surface area (Å²) >= 11 is 0.699. The minimum Gasteiger partial charge on any atom is -0.345 e. The maximum Gasteiger partial charge on any atom is 0.453 e. The van der Waals surface area contributed by atoms with Crippen LogP contribution in [0, 0.1) is 5.92 Å². The molecule has 0 radical (unpaired) electrons. The van der Waals surface area contributed by atoms with Crippen molar-refractivity contribution in [3.8, 4) is 0 Å². The lowest BCUT2D eigenvalue weighted by Gasteiger charge is -2.19. The van der Waals surface area contributed by atoms with Crippen LogP contribution in [0.5, 0.6) is 0 Å². The number of ketones is 1. The number of halogens is 3. The number of Topliss-reactive ketones (excluding diaryl/α,β-unsaturated/α-hetero) is 1. The Morgan fingerprint density at radius 1 is 1.36 bits per heavy atom. The summed E-state index contributed by atoms with van der Waals surface area (Å²) in [7, 11) is 0.